The summed E-state index contributed by atoms with van der Waals surface area (Å²) >= 11 is 0. The number of para-hydroxylation sites is 1. The van der Waals surface area contributed by atoms with Crippen LogP contribution in [0.5, 0.6) is 0 Å². The maximum absolute atomic E-state index is 14.0. The van der Waals surface area contributed by atoms with Crippen LogP contribution in [-0.4, -0.2) is 55.6 Å². The zero-order valence-electron chi connectivity index (χ0n) is 15.5. The van der Waals surface area contributed by atoms with E-state index in [1.807, 2.05) is 31.3 Å². The quantitative estimate of drug-likeness (QED) is 0.676. The predicted molar refractivity (Wildman–Crippen MR) is 104 cm³/mol. The van der Waals surface area contributed by atoms with Crippen molar-refractivity contribution >= 4 is 11.6 Å². The van der Waals surface area contributed by atoms with Crippen molar-refractivity contribution in [1.29, 1.82) is 0 Å². The fourth-order valence-corrected chi connectivity index (χ4v) is 3.16. The van der Waals surface area contributed by atoms with E-state index in [1.54, 1.807) is 13.1 Å². The van der Waals surface area contributed by atoms with Crippen LogP contribution in [-0.2, 0) is 6.42 Å². The maximum atomic E-state index is 14.0. The van der Waals surface area contributed by atoms with Crippen LogP contribution in [0.1, 0.15) is 11.3 Å². The second-order valence-electron chi connectivity index (χ2n) is 6.46. The van der Waals surface area contributed by atoms with Crippen molar-refractivity contribution < 1.29 is 4.39 Å². The molecule has 0 aliphatic carbocycles. The Balaban J connectivity index is 1.49. The molecule has 0 unspecified atom stereocenters. The third-order valence-corrected chi connectivity index (χ3v) is 4.65. The number of hydrogen-bond acceptors (Lipinski definition) is 3. The van der Waals surface area contributed by atoms with Crippen molar-refractivity contribution in [3.8, 4) is 0 Å². The molecule has 5 nitrogen and oxygen atoms in total. The molecular formula is C20H26FN5. The summed E-state index contributed by atoms with van der Waals surface area (Å²) in [5, 5.41) is 3.42. The van der Waals surface area contributed by atoms with Crippen molar-refractivity contribution in [1.82, 2.24) is 15.2 Å². The first-order valence-corrected chi connectivity index (χ1v) is 9.04. The monoisotopic (exact) mass is 355 g/mol. The average molecular weight is 355 g/mol. The molecule has 1 saturated heterocycles. The number of nitrogens with one attached hydrogen (secondary N) is 1. The number of guanidine groups is 1. The summed E-state index contributed by atoms with van der Waals surface area (Å²) in [5.41, 5.74) is 2.93. The average Bonchev–Trinajstić information content (AvgIpc) is 2.67. The Bertz CT molecular complexity index is 736. The molecular weight excluding hydrogens is 329 g/mol. The number of benzene rings is 1. The Kier molecular flexibility index (Phi) is 6.04. The topological polar surface area (TPSA) is 43.8 Å². The van der Waals surface area contributed by atoms with Crippen LogP contribution in [0.2, 0.25) is 0 Å². The number of halogens is 1. The normalized spacial score (nSPS) is 15.3. The molecule has 2 aromatic rings. The zero-order chi connectivity index (χ0) is 18.4. The number of pyridine rings is 1. The fourth-order valence-electron chi connectivity index (χ4n) is 3.16. The number of hydrogen-bond donors (Lipinski definition) is 1. The minimum atomic E-state index is -0.157. The highest BCUT2D eigenvalue weighted by Crippen LogP contribution is 2.20. The van der Waals surface area contributed by atoms with Gasteiger partial charge in [0.05, 0.1) is 5.69 Å². The third-order valence-electron chi connectivity index (χ3n) is 4.65. The number of aryl methyl sites for hydroxylation is 1. The van der Waals surface area contributed by atoms with Gasteiger partial charge in [0, 0.05) is 51.7 Å². The van der Waals surface area contributed by atoms with E-state index in [-0.39, 0.29) is 5.82 Å². The lowest BCUT2D eigenvalue weighted by Crippen LogP contribution is -2.53. The number of aromatic nitrogens is 1. The highest BCUT2D eigenvalue weighted by Gasteiger charge is 2.21. The van der Waals surface area contributed by atoms with E-state index in [9.17, 15) is 4.39 Å². The van der Waals surface area contributed by atoms with E-state index >= 15 is 0 Å². The van der Waals surface area contributed by atoms with Crippen molar-refractivity contribution in [3.63, 3.8) is 0 Å². The maximum Gasteiger partial charge on any atom is 0.193 e. The Morgan fingerprint density at radius 2 is 1.92 bits per heavy atom. The van der Waals surface area contributed by atoms with Crippen LogP contribution in [0.3, 0.4) is 0 Å². The third kappa shape index (κ3) is 4.50. The van der Waals surface area contributed by atoms with Gasteiger partial charge in [-0.3, -0.25) is 9.98 Å². The summed E-state index contributed by atoms with van der Waals surface area (Å²) in [6.07, 6.45) is 2.83. The molecule has 2 heterocycles. The van der Waals surface area contributed by atoms with E-state index in [1.165, 1.54) is 11.6 Å². The lowest BCUT2D eigenvalue weighted by Gasteiger charge is -2.37. The number of piperazine rings is 1. The highest BCUT2D eigenvalue weighted by molar-refractivity contribution is 5.80. The van der Waals surface area contributed by atoms with Gasteiger partial charge in [0.1, 0.15) is 5.82 Å². The van der Waals surface area contributed by atoms with Crippen molar-refractivity contribution in [2.45, 2.75) is 13.3 Å². The molecule has 1 aliphatic rings. The van der Waals surface area contributed by atoms with Crippen LogP contribution in [0, 0.1) is 12.7 Å². The summed E-state index contributed by atoms with van der Waals surface area (Å²) in [6.45, 7) is 6.00. The van der Waals surface area contributed by atoms with E-state index in [0.717, 1.165) is 50.8 Å². The van der Waals surface area contributed by atoms with E-state index in [0.29, 0.717) is 5.69 Å². The molecule has 1 fully saturated rings. The Labute approximate surface area is 154 Å². The molecule has 1 N–H and O–H groups in total. The van der Waals surface area contributed by atoms with Gasteiger partial charge in [0.2, 0.25) is 0 Å². The molecule has 0 amide bonds. The molecule has 1 aromatic carbocycles. The molecule has 1 aliphatic heterocycles. The molecule has 0 bridgehead atoms. The minimum absolute atomic E-state index is 0.157. The van der Waals surface area contributed by atoms with E-state index in [4.69, 9.17) is 0 Å². The second-order valence-corrected chi connectivity index (χ2v) is 6.46. The summed E-state index contributed by atoms with van der Waals surface area (Å²) in [5.74, 6) is 0.744. The highest BCUT2D eigenvalue weighted by atomic mass is 19.1. The molecule has 3 rings (SSSR count). The summed E-state index contributed by atoms with van der Waals surface area (Å²) in [6, 6.07) is 11.1. The number of nitrogens with zero attached hydrogens (tertiary/aromatic N) is 4. The van der Waals surface area contributed by atoms with Crippen molar-refractivity contribution in [2.75, 3.05) is 44.7 Å². The van der Waals surface area contributed by atoms with E-state index in [2.05, 4.69) is 31.2 Å². The first kappa shape index (κ1) is 18.2. The Hall–Kier alpha value is -2.63. The van der Waals surface area contributed by atoms with Gasteiger partial charge in [-0.05, 0) is 37.1 Å². The lowest BCUT2D eigenvalue weighted by molar-refractivity contribution is 0.371. The standard InChI is InChI=1S/C20H26FN5/c1-16-7-8-17(15-24-16)9-10-23-20(22-2)26-13-11-25(12-14-26)19-6-4-3-5-18(19)21/h3-8,15H,9-14H2,1-2H3,(H,22,23). The van der Waals surface area contributed by atoms with Gasteiger partial charge in [-0.2, -0.15) is 0 Å². The fraction of sp³-hybridized carbons (Fsp3) is 0.400. The van der Waals surface area contributed by atoms with Gasteiger partial charge < -0.3 is 15.1 Å². The molecule has 138 valence electrons. The van der Waals surface area contributed by atoms with Gasteiger partial charge in [0.25, 0.3) is 0 Å². The lowest BCUT2D eigenvalue weighted by atomic mass is 10.2. The molecule has 1 aromatic heterocycles. The van der Waals surface area contributed by atoms with Gasteiger partial charge in [0.15, 0.2) is 5.96 Å². The van der Waals surface area contributed by atoms with Crippen LogP contribution in [0.25, 0.3) is 0 Å². The summed E-state index contributed by atoms with van der Waals surface area (Å²) < 4.78 is 14.0. The number of rotatable bonds is 4. The second kappa shape index (κ2) is 8.65. The van der Waals surface area contributed by atoms with Gasteiger partial charge in [-0.25, -0.2) is 4.39 Å². The van der Waals surface area contributed by atoms with Crippen LogP contribution >= 0.6 is 0 Å². The molecule has 0 atom stereocenters. The van der Waals surface area contributed by atoms with Crippen LogP contribution in [0.4, 0.5) is 10.1 Å². The van der Waals surface area contributed by atoms with Crippen LogP contribution < -0.4 is 10.2 Å². The summed E-state index contributed by atoms with van der Waals surface area (Å²) in [4.78, 5) is 13.0. The number of anilines is 1. The van der Waals surface area contributed by atoms with Crippen LogP contribution in [0.15, 0.2) is 47.6 Å². The molecule has 26 heavy (non-hydrogen) atoms. The van der Waals surface area contributed by atoms with Gasteiger partial charge in [-0.1, -0.05) is 18.2 Å². The number of aliphatic imine (C=N–C) groups is 1. The summed E-state index contributed by atoms with van der Waals surface area (Å²) in [7, 11) is 1.80. The molecule has 0 radical (unpaired) electrons. The predicted octanol–water partition coefficient (Wildman–Crippen LogP) is 2.47. The first-order chi connectivity index (χ1) is 12.7. The van der Waals surface area contributed by atoms with Gasteiger partial charge >= 0.3 is 0 Å². The Morgan fingerprint density at radius 3 is 2.58 bits per heavy atom. The first-order valence-electron chi connectivity index (χ1n) is 9.04. The molecule has 6 heteroatoms. The molecule has 0 spiro atoms. The van der Waals surface area contributed by atoms with Crippen molar-refractivity contribution in [3.05, 3.63) is 59.7 Å². The smallest absolute Gasteiger partial charge is 0.193 e. The molecule has 0 saturated carbocycles. The minimum Gasteiger partial charge on any atom is -0.366 e. The Morgan fingerprint density at radius 1 is 1.15 bits per heavy atom. The van der Waals surface area contributed by atoms with Crippen molar-refractivity contribution in [2.24, 2.45) is 4.99 Å². The van der Waals surface area contributed by atoms with E-state index < -0.39 is 0 Å². The SMILES string of the molecule is CN=C(NCCc1ccc(C)nc1)N1CCN(c2ccccc2F)CC1. The van der Waals surface area contributed by atoms with Gasteiger partial charge in [-0.15, -0.1) is 0 Å². The largest absolute Gasteiger partial charge is 0.366 e. The zero-order valence-corrected chi connectivity index (χ0v) is 15.5.